The lowest BCUT2D eigenvalue weighted by Crippen LogP contribution is -2.48. The number of nitrogens with zero attached hydrogens (tertiary/aromatic N) is 5. The molecular weight excluding hydrogens is 514 g/mol. The number of hydrogen-bond donors (Lipinski definition) is 1. The van der Waals surface area contributed by atoms with Crippen LogP contribution in [0.2, 0.25) is 0 Å². The first-order chi connectivity index (χ1) is 17.9. The first kappa shape index (κ1) is 26.1. The van der Waals surface area contributed by atoms with Gasteiger partial charge in [0.15, 0.2) is 0 Å². The average molecular weight is 541 g/mol. The van der Waals surface area contributed by atoms with Gasteiger partial charge in [-0.15, -0.1) is 5.10 Å². The Balaban J connectivity index is 1.32. The summed E-state index contributed by atoms with van der Waals surface area (Å²) >= 11 is 0. The van der Waals surface area contributed by atoms with Crippen molar-refractivity contribution in [3.8, 4) is 11.8 Å². The number of aromatic nitrogens is 4. The highest BCUT2D eigenvalue weighted by Gasteiger charge is 2.43. The molecule has 0 amide bonds. The van der Waals surface area contributed by atoms with Crippen molar-refractivity contribution in [1.29, 1.82) is 0 Å². The van der Waals surface area contributed by atoms with E-state index in [1.54, 1.807) is 6.07 Å². The summed E-state index contributed by atoms with van der Waals surface area (Å²) in [5.41, 5.74) is -1.26. The van der Waals surface area contributed by atoms with Crippen LogP contribution in [0.4, 0.5) is 38.0 Å². The van der Waals surface area contributed by atoms with E-state index >= 15 is 0 Å². The first-order valence-electron chi connectivity index (χ1n) is 12.2. The van der Waals surface area contributed by atoms with Crippen molar-refractivity contribution in [2.75, 3.05) is 23.3 Å². The number of nitrogens with one attached hydrogen (secondary N) is 1. The maximum atomic E-state index is 13.1. The minimum absolute atomic E-state index is 0.000377. The number of benzene rings is 1. The minimum Gasteiger partial charge on any atom is -0.424 e. The van der Waals surface area contributed by atoms with Gasteiger partial charge in [0, 0.05) is 31.0 Å². The van der Waals surface area contributed by atoms with E-state index < -0.39 is 23.6 Å². The number of anilines is 2. The molecule has 5 rings (SSSR count). The van der Waals surface area contributed by atoms with Gasteiger partial charge in [-0.2, -0.15) is 31.3 Å². The molecule has 1 aromatic carbocycles. The quantitative estimate of drug-likeness (QED) is 0.365. The van der Waals surface area contributed by atoms with Gasteiger partial charge in [0.1, 0.15) is 11.4 Å². The van der Waals surface area contributed by atoms with Crippen LogP contribution in [0.5, 0.6) is 11.8 Å². The third kappa shape index (κ3) is 5.37. The first-order valence-corrected chi connectivity index (χ1v) is 12.2. The lowest BCUT2D eigenvalue weighted by atomic mass is 9.92. The standard InChI is InChI=1S/C25H26F6N6O/c1-14(2)37-23(38-19-5-3-4-17(10-19)24(26,27)28)34-22(35-37)33-21-15-6-7-16(21)13-36(12-15)18-8-9-32-20(11-18)25(29,30)31/h3-5,8-11,14-16,21H,6-7,12-13H2,1-2H3,(H,33,35). The Morgan fingerprint density at radius 2 is 1.68 bits per heavy atom. The molecule has 7 nitrogen and oxygen atoms in total. The summed E-state index contributed by atoms with van der Waals surface area (Å²) in [7, 11) is 0. The van der Waals surface area contributed by atoms with Crippen LogP contribution < -0.4 is 15.0 Å². The van der Waals surface area contributed by atoms with Crippen molar-refractivity contribution in [3.63, 3.8) is 0 Å². The normalized spacial score (nSPS) is 21.7. The molecule has 1 aliphatic heterocycles. The number of fused-ring (bicyclic) bond motifs is 2. The molecular formula is C25H26F6N6O. The average Bonchev–Trinajstić information content (AvgIpc) is 3.34. The van der Waals surface area contributed by atoms with Crippen LogP contribution in [-0.2, 0) is 12.4 Å². The Kier molecular flexibility index (Phi) is 6.64. The highest BCUT2D eigenvalue weighted by Crippen LogP contribution is 2.41. The van der Waals surface area contributed by atoms with Crippen molar-refractivity contribution < 1.29 is 31.1 Å². The number of ether oxygens (including phenoxy) is 1. The van der Waals surface area contributed by atoms with Crippen molar-refractivity contribution >= 4 is 11.6 Å². The fourth-order valence-corrected chi connectivity index (χ4v) is 5.21. The third-order valence-corrected chi connectivity index (χ3v) is 6.99. The molecule has 204 valence electrons. The fourth-order valence-electron chi connectivity index (χ4n) is 5.21. The van der Waals surface area contributed by atoms with Crippen LogP contribution >= 0.6 is 0 Å². The Morgan fingerprint density at radius 3 is 2.32 bits per heavy atom. The lowest BCUT2D eigenvalue weighted by molar-refractivity contribution is -0.141. The zero-order valence-corrected chi connectivity index (χ0v) is 20.6. The van der Waals surface area contributed by atoms with Crippen LogP contribution in [0.1, 0.15) is 44.0 Å². The maximum Gasteiger partial charge on any atom is 0.433 e. The molecule has 1 saturated carbocycles. The van der Waals surface area contributed by atoms with Crippen molar-refractivity contribution in [1.82, 2.24) is 19.7 Å². The summed E-state index contributed by atoms with van der Waals surface area (Å²) in [6.45, 7) is 4.83. The summed E-state index contributed by atoms with van der Waals surface area (Å²) in [5, 5.41) is 7.85. The number of piperidine rings is 1. The highest BCUT2D eigenvalue weighted by molar-refractivity contribution is 5.49. The molecule has 2 bridgehead atoms. The zero-order chi connectivity index (χ0) is 27.2. The van der Waals surface area contributed by atoms with E-state index in [-0.39, 0.29) is 35.7 Å². The summed E-state index contributed by atoms with van der Waals surface area (Å²) in [6, 6.07) is 7.11. The second kappa shape index (κ2) is 9.66. The van der Waals surface area contributed by atoms with Crippen LogP contribution in [0, 0.1) is 11.8 Å². The van der Waals surface area contributed by atoms with Gasteiger partial charge < -0.3 is 15.0 Å². The molecule has 38 heavy (non-hydrogen) atoms. The number of rotatable bonds is 6. The molecule has 1 aliphatic carbocycles. The number of pyridine rings is 1. The van der Waals surface area contributed by atoms with E-state index in [9.17, 15) is 26.3 Å². The Hall–Kier alpha value is -3.51. The molecule has 13 heteroatoms. The minimum atomic E-state index is -4.51. The Morgan fingerprint density at radius 1 is 0.974 bits per heavy atom. The SMILES string of the molecule is CC(C)n1nc(NC2C3CCC2CN(c2ccnc(C(F)(F)F)c2)C3)nc1Oc1cccc(C(F)(F)F)c1. The molecule has 0 radical (unpaired) electrons. The molecule has 2 atom stereocenters. The molecule has 1 N–H and O–H groups in total. The van der Waals surface area contributed by atoms with Gasteiger partial charge in [0.2, 0.25) is 5.95 Å². The predicted octanol–water partition coefficient (Wildman–Crippen LogP) is 6.41. The second-order valence-electron chi connectivity index (χ2n) is 9.95. The topological polar surface area (TPSA) is 68.1 Å². The van der Waals surface area contributed by atoms with Gasteiger partial charge in [-0.1, -0.05) is 6.07 Å². The van der Waals surface area contributed by atoms with Gasteiger partial charge in [-0.05, 0) is 68.9 Å². The van der Waals surface area contributed by atoms with Crippen LogP contribution in [0.25, 0.3) is 0 Å². The number of alkyl halides is 6. The molecule has 1 saturated heterocycles. The van der Waals surface area contributed by atoms with Crippen molar-refractivity contribution in [2.45, 2.75) is 51.1 Å². The molecule has 0 spiro atoms. The van der Waals surface area contributed by atoms with Gasteiger partial charge >= 0.3 is 18.4 Å². The maximum absolute atomic E-state index is 13.1. The summed E-state index contributed by atoms with van der Waals surface area (Å²) in [5.74, 6) is 0.578. The van der Waals surface area contributed by atoms with Crippen molar-refractivity contribution in [2.24, 2.45) is 11.8 Å². The van der Waals surface area contributed by atoms with E-state index in [1.807, 2.05) is 18.7 Å². The fraction of sp³-hybridized carbons (Fsp3) is 0.480. The predicted molar refractivity (Wildman–Crippen MR) is 127 cm³/mol. The zero-order valence-electron chi connectivity index (χ0n) is 20.6. The van der Waals surface area contributed by atoms with Crippen molar-refractivity contribution in [3.05, 3.63) is 53.9 Å². The molecule has 2 aromatic heterocycles. The number of halogens is 6. The van der Waals surface area contributed by atoms with Crippen LogP contribution in [0.15, 0.2) is 42.6 Å². The molecule has 3 heterocycles. The molecule has 2 aliphatic rings. The third-order valence-electron chi connectivity index (χ3n) is 6.99. The largest absolute Gasteiger partial charge is 0.433 e. The van der Waals surface area contributed by atoms with E-state index in [1.165, 1.54) is 23.0 Å². The van der Waals surface area contributed by atoms with E-state index in [0.29, 0.717) is 24.7 Å². The number of hydrogen-bond acceptors (Lipinski definition) is 6. The second-order valence-corrected chi connectivity index (χ2v) is 9.95. The Labute approximate surface area is 214 Å². The highest BCUT2D eigenvalue weighted by atomic mass is 19.4. The van der Waals surface area contributed by atoms with E-state index in [0.717, 1.165) is 31.0 Å². The lowest BCUT2D eigenvalue weighted by Gasteiger charge is -2.39. The summed E-state index contributed by atoms with van der Waals surface area (Å²) in [6.07, 6.45) is -6.04. The Bertz CT molecular complexity index is 1280. The van der Waals surface area contributed by atoms with Gasteiger partial charge in [-0.25, -0.2) is 4.68 Å². The van der Waals surface area contributed by atoms with Crippen LogP contribution in [0.3, 0.4) is 0 Å². The summed E-state index contributed by atoms with van der Waals surface area (Å²) in [4.78, 5) is 9.82. The van der Waals surface area contributed by atoms with Gasteiger partial charge in [0.25, 0.3) is 0 Å². The summed E-state index contributed by atoms with van der Waals surface area (Å²) < 4.78 is 85.9. The monoisotopic (exact) mass is 540 g/mol. The van der Waals surface area contributed by atoms with E-state index in [2.05, 4.69) is 20.4 Å². The van der Waals surface area contributed by atoms with Gasteiger partial charge in [0.05, 0.1) is 11.6 Å². The smallest absolute Gasteiger partial charge is 0.424 e. The van der Waals surface area contributed by atoms with Crippen LogP contribution in [-0.4, -0.2) is 38.9 Å². The van der Waals surface area contributed by atoms with E-state index in [4.69, 9.17) is 4.74 Å². The molecule has 2 fully saturated rings. The molecule has 2 unspecified atom stereocenters. The molecule has 3 aromatic rings. The van der Waals surface area contributed by atoms with Gasteiger partial charge in [-0.3, -0.25) is 4.98 Å².